The van der Waals surface area contributed by atoms with E-state index < -0.39 is 6.04 Å². The maximum absolute atomic E-state index is 13.1. The molecule has 0 bridgehead atoms. The fourth-order valence-corrected chi connectivity index (χ4v) is 3.50. The molecule has 0 aliphatic carbocycles. The molecule has 2 atom stereocenters. The molecule has 2 unspecified atom stereocenters. The summed E-state index contributed by atoms with van der Waals surface area (Å²) in [5.74, 6) is -0.258. The minimum absolute atomic E-state index is 0.0264. The molecule has 29 heavy (non-hydrogen) atoms. The molecule has 0 radical (unpaired) electrons. The minimum atomic E-state index is -0.634. The number of hydrogen-bond acceptors (Lipinski definition) is 2. The van der Waals surface area contributed by atoms with Crippen molar-refractivity contribution in [3.05, 3.63) is 69.7 Å². The molecule has 2 aromatic carbocycles. The third kappa shape index (κ3) is 6.76. The summed E-state index contributed by atoms with van der Waals surface area (Å²) in [4.78, 5) is 27.6. The lowest BCUT2D eigenvalue weighted by molar-refractivity contribution is -0.141. The Kier molecular flexibility index (Phi) is 8.99. The summed E-state index contributed by atoms with van der Waals surface area (Å²) >= 11 is 12.4. The molecule has 6 heteroatoms. The van der Waals surface area contributed by atoms with Gasteiger partial charge in [0.25, 0.3) is 0 Å². The molecule has 0 saturated heterocycles. The fourth-order valence-electron chi connectivity index (χ4n) is 3.03. The van der Waals surface area contributed by atoms with Crippen molar-refractivity contribution in [3.63, 3.8) is 0 Å². The second-order valence-electron chi connectivity index (χ2n) is 7.13. The molecule has 0 aromatic heterocycles. The first kappa shape index (κ1) is 23.2. The van der Waals surface area contributed by atoms with Gasteiger partial charge in [-0.2, -0.15) is 0 Å². The predicted octanol–water partition coefficient (Wildman–Crippen LogP) is 5.26. The zero-order chi connectivity index (χ0) is 21.4. The van der Waals surface area contributed by atoms with Gasteiger partial charge in [-0.25, -0.2) is 0 Å². The minimum Gasteiger partial charge on any atom is -0.352 e. The van der Waals surface area contributed by atoms with Crippen LogP contribution in [-0.2, 0) is 22.6 Å². The average molecular weight is 435 g/mol. The molecule has 1 N–H and O–H groups in total. The zero-order valence-electron chi connectivity index (χ0n) is 17.1. The molecular weight excluding hydrogens is 407 g/mol. The summed E-state index contributed by atoms with van der Waals surface area (Å²) in [7, 11) is 0. The number of amides is 2. The molecular formula is C23H28Cl2N2O2. The Balaban J connectivity index is 2.39. The molecule has 0 spiro atoms. The first-order valence-corrected chi connectivity index (χ1v) is 10.7. The van der Waals surface area contributed by atoms with Gasteiger partial charge < -0.3 is 10.2 Å². The van der Waals surface area contributed by atoms with Crippen LogP contribution in [0.25, 0.3) is 0 Å². The van der Waals surface area contributed by atoms with E-state index in [-0.39, 0.29) is 24.4 Å². The molecule has 4 nitrogen and oxygen atoms in total. The molecule has 2 amide bonds. The highest BCUT2D eigenvalue weighted by Gasteiger charge is 2.30. The van der Waals surface area contributed by atoms with Gasteiger partial charge in [-0.1, -0.05) is 73.4 Å². The van der Waals surface area contributed by atoms with Crippen LogP contribution in [0.1, 0.15) is 44.7 Å². The summed E-state index contributed by atoms with van der Waals surface area (Å²) < 4.78 is 0. The molecule has 2 rings (SSSR count). The van der Waals surface area contributed by atoms with Crippen LogP contribution >= 0.6 is 23.2 Å². The Bertz CT molecular complexity index is 827. The Morgan fingerprint density at radius 3 is 2.34 bits per heavy atom. The van der Waals surface area contributed by atoms with Crippen LogP contribution in [-0.4, -0.2) is 28.8 Å². The molecule has 0 fully saturated rings. The average Bonchev–Trinajstić information content (AvgIpc) is 2.72. The predicted molar refractivity (Wildman–Crippen MR) is 119 cm³/mol. The highest BCUT2D eigenvalue weighted by atomic mass is 35.5. The summed E-state index contributed by atoms with van der Waals surface area (Å²) in [6.45, 7) is 6.01. The smallest absolute Gasteiger partial charge is 0.243 e. The number of nitrogens with one attached hydrogen (secondary N) is 1. The third-order valence-electron chi connectivity index (χ3n) is 4.93. The monoisotopic (exact) mass is 434 g/mol. The summed E-state index contributed by atoms with van der Waals surface area (Å²) in [5.41, 5.74) is 1.75. The third-order valence-corrected chi connectivity index (χ3v) is 5.52. The van der Waals surface area contributed by atoms with Gasteiger partial charge in [-0.3, -0.25) is 9.59 Å². The zero-order valence-corrected chi connectivity index (χ0v) is 18.6. The number of halogens is 2. The number of carbonyl (C=O) groups excluding carboxylic acids is 2. The second-order valence-corrected chi connectivity index (χ2v) is 7.98. The van der Waals surface area contributed by atoms with Crippen molar-refractivity contribution in [1.29, 1.82) is 0 Å². The van der Waals surface area contributed by atoms with Gasteiger partial charge in [0, 0.05) is 35.5 Å². The number of carbonyl (C=O) groups is 2. The van der Waals surface area contributed by atoms with Crippen molar-refractivity contribution in [1.82, 2.24) is 10.2 Å². The largest absolute Gasteiger partial charge is 0.352 e. The van der Waals surface area contributed by atoms with Crippen LogP contribution in [0.15, 0.2) is 48.5 Å². The van der Waals surface area contributed by atoms with E-state index in [4.69, 9.17) is 23.2 Å². The normalized spacial score (nSPS) is 12.9. The van der Waals surface area contributed by atoms with Gasteiger partial charge in [-0.15, -0.1) is 0 Å². The molecule has 156 valence electrons. The number of hydrogen-bond donors (Lipinski definition) is 1. The standard InChI is InChI=1S/C23H28Cl2N2O2/c1-4-16(3)26-23(29)21(13-17-9-7-6-8-10-17)27(22(28)5-2)15-18-11-12-19(24)14-20(18)25/h6-12,14,16,21H,4-5,13,15H2,1-3H3,(H,26,29). The van der Waals surface area contributed by atoms with Crippen LogP contribution in [0.5, 0.6) is 0 Å². The SMILES string of the molecule is CCC(=O)N(Cc1ccc(Cl)cc1Cl)C(Cc1ccccc1)C(=O)NC(C)CC. The highest BCUT2D eigenvalue weighted by Crippen LogP contribution is 2.24. The van der Waals surface area contributed by atoms with Crippen LogP contribution in [0.4, 0.5) is 0 Å². The van der Waals surface area contributed by atoms with Crippen molar-refractivity contribution in [2.24, 2.45) is 0 Å². The Hall–Kier alpha value is -2.04. The highest BCUT2D eigenvalue weighted by molar-refractivity contribution is 6.35. The van der Waals surface area contributed by atoms with Gasteiger partial charge in [-0.05, 0) is 36.6 Å². The van der Waals surface area contributed by atoms with Gasteiger partial charge in [0.15, 0.2) is 0 Å². The van der Waals surface area contributed by atoms with Crippen molar-refractivity contribution < 1.29 is 9.59 Å². The van der Waals surface area contributed by atoms with Gasteiger partial charge in [0.1, 0.15) is 6.04 Å². The molecule has 0 saturated carbocycles. The Morgan fingerprint density at radius 2 is 1.76 bits per heavy atom. The van der Waals surface area contributed by atoms with Crippen LogP contribution < -0.4 is 5.32 Å². The lowest BCUT2D eigenvalue weighted by atomic mass is 10.0. The first-order chi connectivity index (χ1) is 13.8. The number of rotatable bonds is 9. The van der Waals surface area contributed by atoms with E-state index in [1.807, 2.05) is 44.2 Å². The van der Waals surface area contributed by atoms with Crippen LogP contribution in [0.3, 0.4) is 0 Å². The van der Waals surface area contributed by atoms with Crippen LogP contribution in [0, 0.1) is 0 Å². The van der Waals surface area contributed by atoms with Gasteiger partial charge in [0.05, 0.1) is 0 Å². The summed E-state index contributed by atoms with van der Waals surface area (Å²) in [6.07, 6.45) is 1.54. The van der Waals surface area contributed by atoms with E-state index in [1.165, 1.54) is 0 Å². The van der Waals surface area contributed by atoms with Crippen molar-refractivity contribution in [2.45, 2.75) is 58.7 Å². The van der Waals surface area contributed by atoms with E-state index in [0.717, 1.165) is 17.5 Å². The van der Waals surface area contributed by atoms with Crippen molar-refractivity contribution >= 4 is 35.0 Å². The molecule has 0 aliphatic rings. The lowest BCUT2D eigenvalue weighted by Crippen LogP contribution is -2.52. The van der Waals surface area contributed by atoms with E-state index >= 15 is 0 Å². The lowest BCUT2D eigenvalue weighted by Gasteiger charge is -2.32. The number of nitrogens with zero attached hydrogens (tertiary/aromatic N) is 1. The quantitative estimate of drug-likeness (QED) is 0.584. The molecule has 2 aromatic rings. The maximum atomic E-state index is 13.1. The molecule has 0 heterocycles. The van der Waals surface area contributed by atoms with E-state index in [1.54, 1.807) is 30.0 Å². The van der Waals surface area contributed by atoms with Gasteiger partial charge >= 0.3 is 0 Å². The Morgan fingerprint density at radius 1 is 1.07 bits per heavy atom. The van der Waals surface area contributed by atoms with E-state index in [2.05, 4.69) is 5.32 Å². The first-order valence-electron chi connectivity index (χ1n) is 9.93. The van der Waals surface area contributed by atoms with Crippen molar-refractivity contribution in [2.75, 3.05) is 0 Å². The van der Waals surface area contributed by atoms with Crippen LogP contribution in [0.2, 0.25) is 10.0 Å². The summed E-state index contributed by atoms with van der Waals surface area (Å²) in [5, 5.41) is 4.04. The van der Waals surface area contributed by atoms with Gasteiger partial charge in [0.2, 0.25) is 11.8 Å². The molecule has 0 aliphatic heterocycles. The maximum Gasteiger partial charge on any atom is 0.243 e. The summed E-state index contributed by atoms with van der Waals surface area (Å²) in [6, 6.07) is 14.3. The van der Waals surface area contributed by atoms with E-state index in [0.29, 0.717) is 22.9 Å². The number of benzene rings is 2. The fraction of sp³-hybridized carbons (Fsp3) is 0.391. The van der Waals surface area contributed by atoms with Crippen molar-refractivity contribution in [3.8, 4) is 0 Å². The van der Waals surface area contributed by atoms with E-state index in [9.17, 15) is 9.59 Å². The topological polar surface area (TPSA) is 49.4 Å². The Labute approximate surface area is 183 Å². The second kappa shape index (κ2) is 11.2.